The number of aromatic nitrogens is 1. The summed E-state index contributed by atoms with van der Waals surface area (Å²) in [4.78, 5) is 64.0. The number of pyridine rings is 1. The van der Waals surface area contributed by atoms with Crippen molar-refractivity contribution in [3.05, 3.63) is 89.1 Å². The first-order valence-corrected chi connectivity index (χ1v) is 19.0. The summed E-state index contributed by atoms with van der Waals surface area (Å²) in [5, 5.41) is 9.08. The Morgan fingerprint density at radius 3 is 2.26 bits per heavy atom. The Morgan fingerprint density at radius 1 is 0.870 bits per heavy atom. The van der Waals surface area contributed by atoms with E-state index in [1.54, 1.807) is 33.0 Å². The quantitative estimate of drug-likeness (QED) is 0.228. The summed E-state index contributed by atoms with van der Waals surface area (Å²) < 4.78 is 27.3. The molecule has 1 aliphatic carbocycles. The zero-order valence-electron chi connectivity index (χ0n) is 31.2. The number of amides is 4. The van der Waals surface area contributed by atoms with Crippen LogP contribution in [0.3, 0.4) is 0 Å². The first-order chi connectivity index (χ1) is 26.0. The Labute approximate surface area is 315 Å². The van der Waals surface area contributed by atoms with Crippen LogP contribution in [0.25, 0.3) is 0 Å². The van der Waals surface area contributed by atoms with Crippen molar-refractivity contribution >= 4 is 35.1 Å². The molecule has 6 rings (SSSR count). The molecule has 0 bridgehead atoms. The highest BCUT2D eigenvalue weighted by molar-refractivity contribution is 5.96. The molecule has 0 spiro atoms. The Hall–Kier alpha value is -4.75. The molecule has 3 aromatic rings. The third-order valence-electron chi connectivity index (χ3n) is 11.3. The molecule has 3 N–H and O–H groups in total. The number of fused-ring (bicyclic) bond motifs is 1. The molecular weight excluding hydrogens is 692 g/mol. The molecular formula is C41H51F2N7O4. The highest BCUT2D eigenvalue weighted by Gasteiger charge is 2.44. The monoisotopic (exact) mass is 743 g/mol. The minimum Gasteiger partial charge on any atom is -0.342 e. The van der Waals surface area contributed by atoms with E-state index >= 15 is 0 Å². The summed E-state index contributed by atoms with van der Waals surface area (Å²) in [6.07, 6.45) is 3.72. The first kappa shape index (κ1) is 39.0. The molecule has 4 amide bonds. The number of halogens is 2. The average molecular weight is 744 g/mol. The van der Waals surface area contributed by atoms with E-state index in [9.17, 15) is 28.0 Å². The van der Waals surface area contributed by atoms with Gasteiger partial charge in [0.2, 0.25) is 23.6 Å². The summed E-state index contributed by atoms with van der Waals surface area (Å²) in [6, 6.07) is 18.9. The molecule has 1 atom stereocenters. The maximum Gasteiger partial charge on any atom is 0.250 e. The largest absolute Gasteiger partial charge is 0.342 e. The number of carbonyl (C=O) groups excluding carboxylic acids is 4. The smallest absolute Gasteiger partial charge is 0.250 e. The fourth-order valence-corrected chi connectivity index (χ4v) is 7.97. The van der Waals surface area contributed by atoms with Crippen LogP contribution < -0.4 is 16.0 Å². The molecule has 0 radical (unpaired) electrons. The lowest BCUT2D eigenvalue weighted by Crippen LogP contribution is -2.53. The molecule has 0 unspecified atom stereocenters. The van der Waals surface area contributed by atoms with E-state index in [0.29, 0.717) is 63.2 Å². The van der Waals surface area contributed by atoms with E-state index < -0.39 is 11.3 Å². The van der Waals surface area contributed by atoms with E-state index in [4.69, 9.17) is 0 Å². The maximum absolute atomic E-state index is 14.7. The highest BCUT2D eigenvalue weighted by atomic mass is 19.3. The van der Waals surface area contributed by atoms with Crippen LogP contribution in [-0.4, -0.2) is 95.6 Å². The van der Waals surface area contributed by atoms with Crippen molar-refractivity contribution in [2.45, 2.75) is 70.9 Å². The van der Waals surface area contributed by atoms with Crippen molar-refractivity contribution in [2.75, 3.05) is 56.9 Å². The molecule has 2 aliphatic heterocycles. The topological polar surface area (TPSA) is 127 Å². The van der Waals surface area contributed by atoms with E-state index in [1.807, 2.05) is 62.5 Å². The molecule has 2 aromatic carbocycles. The summed E-state index contributed by atoms with van der Waals surface area (Å²) in [6.45, 7) is 3.89. The fraction of sp³-hybridized carbons (Fsp3) is 0.488. The van der Waals surface area contributed by atoms with Gasteiger partial charge < -0.3 is 25.8 Å². The Bertz CT molecular complexity index is 1810. The van der Waals surface area contributed by atoms with Gasteiger partial charge in [-0.15, -0.1) is 0 Å². The number of alkyl halides is 2. The molecule has 11 nitrogen and oxygen atoms in total. The van der Waals surface area contributed by atoms with Crippen molar-refractivity contribution in [3.63, 3.8) is 0 Å². The van der Waals surface area contributed by atoms with Crippen molar-refractivity contribution in [1.82, 2.24) is 25.0 Å². The molecule has 288 valence electrons. The van der Waals surface area contributed by atoms with E-state index in [0.717, 1.165) is 22.3 Å². The van der Waals surface area contributed by atoms with Gasteiger partial charge in [0.1, 0.15) is 12.4 Å². The van der Waals surface area contributed by atoms with Gasteiger partial charge in [-0.1, -0.05) is 43.3 Å². The second-order valence-electron chi connectivity index (χ2n) is 14.9. The lowest BCUT2D eigenvalue weighted by Gasteiger charge is -2.43. The highest BCUT2D eigenvalue weighted by Crippen LogP contribution is 2.38. The number of anilines is 2. The van der Waals surface area contributed by atoms with Crippen LogP contribution in [0.5, 0.6) is 0 Å². The zero-order valence-corrected chi connectivity index (χ0v) is 31.2. The van der Waals surface area contributed by atoms with Crippen molar-refractivity contribution in [3.8, 4) is 0 Å². The lowest BCUT2D eigenvalue weighted by atomic mass is 9.74. The van der Waals surface area contributed by atoms with Crippen LogP contribution in [0.2, 0.25) is 0 Å². The van der Waals surface area contributed by atoms with Crippen LogP contribution in [0.15, 0.2) is 66.9 Å². The van der Waals surface area contributed by atoms with Gasteiger partial charge in [0.15, 0.2) is 0 Å². The number of piperidine rings is 2. The van der Waals surface area contributed by atoms with Crippen LogP contribution >= 0.6 is 0 Å². The number of nitrogens with one attached hydrogen (secondary N) is 3. The second kappa shape index (κ2) is 17.2. The zero-order chi connectivity index (χ0) is 38.3. The molecule has 3 aliphatic rings. The van der Waals surface area contributed by atoms with Gasteiger partial charge in [0.05, 0.1) is 12.0 Å². The summed E-state index contributed by atoms with van der Waals surface area (Å²) in [5.74, 6) is -3.08. The molecule has 13 heteroatoms. The number of hydrogen-bond donors (Lipinski definition) is 3. The van der Waals surface area contributed by atoms with Gasteiger partial charge in [-0.05, 0) is 85.7 Å². The van der Waals surface area contributed by atoms with Gasteiger partial charge in [-0.2, -0.15) is 0 Å². The van der Waals surface area contributed by atoms with Crippen LogP contribution in [0.1, 0.15) is 61.3 Å². The summed E-state index contributed by atoms with van der Waals surface area (Å²) in [5.41, 5.74) is 3.85. The van der Waals surface area contributed by atoms with Crippen LogP contribution in [0, 0.1) is 11.3 Å². The first-order valence-electron chi connectivity index (χ1n) is 19.0. The van der Waals surface area contributed by atoms with Gasteiger partial charge >= 0.3 is 0 Å². The van der Waals surface area contributed by atoms with Gasteiger partial charge in [-0.3, -0.25) is 24.1 Å². The van der Waals surface area contributed by atoms with Gasteiger partial charge in [0, 0.05) is 69.9 Å². The normalized spacial score (nSPS) is 19.1. The number of carbonyl (C=O) groups is 4. The Balaban J connectivity index is 1.12. The Kier molecular flexibility index (Phi) is 12.4. The maximum atomic E-state index is 14.7. The second-order valence-corrected chi connectivity index (χ2v) is 14.9. The molecule has 2 saturated heterocycles. The van der Waals surface area contributed by atoms with Gasteiger partial charge in [0.25, 0.3) is 5.92 Å². The van der Waals surface area contributed by atoms with Crippen LogP contribution in [0.4, 0.5) is 20.3 Å². The molecule has 3 heterocycles. The molecule has 1 aromatic heterocycles. The summed E-state index contributed by atoms with van der Waals surface area (Å²) >= 11 is 0. The molecule has 2 fully saturated rings. The Morgan fingerprint density at radius 2 is 1.57 bits per heavy atom. The molecule has 0 saturated carbocycles. The van der Waals surface area contributed by atoms with Crippen molar-refractivity contribution in [1.29, 1.82) is 0 Å². The minimum atomic E-state index is -2.67. The third kappa shape index (κ3) is 9.48. The standard InChI is InChI=1S/C41H51F2N7O4/c1-3-40(13-20-49(21-14-40)37(52)28-48-18-15-41(42,43)16-19-48)39(54)50(26-31-9-5-4-8-30(31)25-44-2)27-36(51)46-34-12-11-29-22-33(23-32(29)24-34)38(53)47-35-10-6-7-17-45-35/h4-12,17,24,33,44H,3,13-16,18-23,25-28H2,1-2H3,(H,46,51)(H,45,47,53)/t33-/m1/s1. The predicted molar refractivity (Wildman–Crippen MR) is 203 cm³/mol. The number of nitrogens with zero attached hydrogens (tertiary/aromatic N) is 4. The predicted octanol–water partition coefficient (Wildman–Crippen LogP) is 4.87. The van der Waals surface area contributed by atoms with Crippen molar-refractivity contribution in [2.24, 2.45) is 11.3 Å². The number of hydrogen-bond acceptors (Lipinski definition) is 7. The van der Waals surface area contributed by atoms with E-state index in [-0.39, 0.29) is 75.1 Å². The fourth-order valence-electron chi connectivity index (χ4n) is 7.97. The minimum absolute atomic E-state index is 0.0966. The summed E-state index contributed by atoms with van der Waals surface area (Å²) in [7, 11) is 1.86. The van der Waals surface area contributed by atoms with E-state index in [2.05, 4.69) is 20.9 Å². The lowest BCUT2D eigenvalue weighted by molar-refractivity contribution is -0.151. The average Bonchev–Trinajstić information content (AvgIpc) is 3.60. The van der Waals surface area contributed by atoms with Crippen LogP contribution in [-0.2, 0) is 45.1 Å². The van der Waals surface area contributed by atoms with E-state index in [1.165, 1.54) is 0 Å². The number of rotatable bonds is 13. The SMILES string of the molecule is CCC1(C(=O)N(CC(=O)Nc2ccc3c(c2)C[C@H](C(=O)Nc2ccccn2)C3)Cc2ccccc2CNC)CCN(C(=O)CN2CCC(F)(F)CC2)CC1. The number of likely N-dealkylation sites (tertiary alicyclic amines) is 2. The van der Waals surface area contributed by atoms with Crippen molar-refractivity contribution < 1.29 is 28.0 Å². The number of benzene rings is 2. The molecule has 54 heavy (non-hydrogen) atoms. The van der Waals surface area contributed by atoms with Gasteiger partial charge in [-0.25, -0.2) is 13.8 Å². The third-order valence-corrected chi connectivity index (χ3v) is 11.3.